The minimum atomic E-state index is 0.487. The van der Waals surface area contributed by atoms with Crippen molar-refractivity contribution in [2.45, 2.75) is 25.7 Å². The summed E-state index contributed by atoms with van der Waals surface area (Å²) in [5.41, 5.74) is 0.503. The summed E-state index contributed by atoms with van der Waals surface area (Å²) < 4.78 is 5.55. The second-order valence-electron chi connectivity index (χ2n) is 3.76. The Balaban J connectivity index is 2.40. The molecule has 0 amide bonds. The van der Waals surface area contributed by atoms with Crippen molar-refractivity contribution in [3.8, 4) is 5.75 Å². The molecule has 0 saturated carbocycles. The van der Waals surface area contributed by atoms with E-state index >= 15 is 0 Å². The summed E-state index contributed by atoms with van der Waals surface area (Å²) in [6.07, 6.45) is 6.88. The molecular formula is C14H17ClO2. The molecule has 2 nitrogen and oxygen atoms in total. The number of hydrogen-bond donors (Lipinski definition) is 0. The van der Waals surface area contributed by atoms with E-state index in [9.17, 15) is 4.79 Å². The number of carbonyl (C=O) groups excluding carboxylic acids is 1. The Labute approximate surface area is 107 Å². The Morgan fingerprint density at radius 3 is 2.82 bits per heavy atom. The number of benzene rings is 1. The lowest BCUT2D eigenvalue weighted by Crippen LogP contribution is -2.00. The Kier molecular flexibility index (Phi) is 6.41. The third kappa shape index (κ3) is 4.61. The van der Waals surface area contributed by atoms with Gasteiger partial charge < -0.3 is 4.74 Å². The van der Waals surface area contributed by atoms with Crippen molar-refractivity contribution >= 4 is 17.9 Å². The van der Waals surface area contributed by atoms with E-state index in [2.05, 4.69) is 6.58 Å². The van der Waals surface area contributed by atoms with Gasteiger partial charge in [-0.25, -0.2) is 0 Å². The number of para-hydroxylation sites is 1. The van der Waals surface area contributed by atoms with Gasteiger partial charge in [0.1, 0.15) is 5.75 Å². The molecule has 0 aromatic heterocycles. The molecule has 0 unspecified atom stereocenters. The molecule has 0 N–H and O–H groups in total. The maximum absolute atomic E-state index is 10.8. The molecule has 0 heterocycles. The number of aldehydes is 1. The van der Waals surface area contributed by atoms with Crippen LogP contribution in [0.15, 0.2) is 30.9 Å². The number of hydrogen-bond acceptors (Lipinski definition) is 2. The molecule has 0 saturated heterocycles. The van der Waals surface area contributed by atoms with Gasteiger partial charge >= 0.3 is 0 Å². The molecule has 0 fully saturated rings. The van der Waals surface area contributed by atoms with Gasteiger partial charge in [-0.05, 0) is 37.8 Å². The van der Waals surface area contributed by atoms with Crippen LogP contribution in [0.5, 0.6) is 5.75 Å². The van der Waals surface area contributed by atoms with E-state index in [1.165, 1.54) is 0 Å². The first-order valence-corrected chi connectivity index (χ1v) is 6.14. The summed E-state index contributed by atoms with van der Waals surface area (Å²) in [7, 11) is 0. The van der Waals surface area contributed by atoms with Crippen LogP contribution in [0.2, 0.25) is 5.02 Å². The number of carbonyl (C=O) groups is 1. The zero-order valence-electron chi connectivity index (χ0n) is 9.82. The van der Waals surface area contributed by atoms with Crippen molar-refractivity contribution in [2.24, 2.45) is 0 Å². The molecule has 0 spiro atoms. The summed E-state index contributed by atoms with van der Waals surface area (Å²) in [4.78, 5) is 10.8. The van der Waals surface area contributed by atoms with Crippen LogP contribution in [0.3, 0.4) is 0 Å². The van der Waals surface area contributed by atoms with Crippen molar-refractivity contribution in [1.29, 1.82) is 0 Å². The minimum absolute atomic E-state index is 0.487. The Bertz CT molecular complexity index is 374. The smallest absolute Gasteiger partial charge is 0.153 e. The first-order valence-electron chi connectivity index (χ1n) is 5.77. The van der Waals surface area contributed by atoms with E-state index in [1.807, 2.05) is 6.08 Å². The SMILES string of the molecule is C=CCCCCCOc1c(Cl)cccc1C=O. The third-order valence-corrected chi connectivity index (χ3v) is 2.72. The Morgan fingerprint density at radius 1 is 1.29 bits per heavy atom. The molecule has 1 aromatic rings. The summed E-state index contributed by atoms with van der Waals surface area (Å²) in [6.45, 7) is 4.26. The molecule has 17 heavy (non-hydrogen) atoms. The monoisotopic (exact) mass is 252 g/mol. The number of rotatable bonds is 8. The van der Waals surface area contributed by atoms with Crippen LogP contribution in [-0.2, 0) is 0 Å². The third-order valence-electron chi connectivity index (χ3n) is 2.42. The number of ether oxygens (including phenoxy) is 1. The molecular weight excluding hydrogens is 236 g/mol. The number of allylic oxidation sites excluding steroid dienone is 1. The maximum Gasteiger partial charge on any atom is 0.153 e. The lowest BCUT2D eigenvalue weighted by atomic mass is 10.2. The summed E-state index contributed by atoms with van der Waals surface area (Å²) in [6, 6.07) is 5.16. The highest BCUT2D eigenvalue weighted by atomic mass is 35.5. The van der Waals surface area contributed by atoms with Gasteiger partial charge in [0.25, 0.3) is 0 Å². The van der Waals surface area contributed by atoms with Crippen LogP contribution in [-0.4, -0.2) is 12.9 Å². The fraction of sp³-hybridized carbons (Fsp3) is 0.357. The molecule has 0 aliphatic heterocycles. The van der Waals surface area contributed by atoms with Gasteiger partial charge in [-0.3, -0.25) is 4.79 Å². The standard InChI is InChI=1S/C14H17ClO2/c1-2-3-4-5-6-10-17-14-12(11-16)8-7-9-13(14)15/h2,7-9,11H,1,3-6,10H2. The fourth-order valence-corrected chi connectivity index (χ4v) is 1.75. The fourth-order valence-electron chi connectivity index (χ4n) is 1.51. The van der Waals surface area contributed by atoms with Crippen LogP contribution in [0.25, 0.3) is 0 Å². The Morgan fingerprint density at radius 2 is 2.12 bits per heavy atom. The maximum atomic E-state index is 10.8. The van der Waals surface area contributed by atoms with Gasteiger partial charge in [0.2, 0.25) is 0 Å². The molecule has 3 heteroatoms. The normalized spacial score (nSPS) is 9.94. The zero-order chi connectivity index (χ0) is 12.5. The average Bonchev–Trinajstić information content (AvgIpc) is 2.35. The zero-order valence-corrected chi connectivity index (χ0v) is 10.6. The van der Waals surface area contributed by atoms with Gasteiger partial charge in [0.15, 0.2) is 6.29 Å². The quantitative estimate of drug-likeness (QED) is 0.392. The summed E-state index contributed by atoms with van der Waals surface area (Å²) in [5, 5.41) is 0.487. The summed E-state index contributed by atoms with van der Waals surface area (Å²) >= 11 is 5.97. The van der Waals surface area contributed by atoms with E-state index < -0.39 is 0 Å². The van der Waals surface area contributed by atoms with Crippen LogP contribution in [0, 0.1) is 0 Å². The molecule has 1 rings (SSSR count). The molecule has 0 aliphatic carbocycles. The lowest BCUT2D eigenvalue weighted by molar-refractivity contribution is 0.111. The molecule has 0 radical (unpaired) electrons. The molecule has 0 bridgehead atoms. The number of unbranched alkanes of at least 4 members (excludes halogenated alkanes) is 3. The van der Waals surface area contributed by atoms with Crippen LogP contribution >= 0.6 is 11.6 Å². The predicted octanol–water partition coefficient (Wildman–Crippen LogP) is 4.28. The van der Waals surface area contributed by atoms with Crippen molar-refractivity contribution in [3.05, 3.63) is 41.4 Å². The van der Waals surface area contributed by atoms with Gasteiger partial charge in [0, 0.05) is 0 Å². The van der Waals surface area contributed by atoms with Gasteiger partial charge in [0.05, 0.1) is 17.2 Å². The van der Waals surface area contributed by atoms with Gasteiger partial charge in [-0.1, -0.05) is 23.7 Å². The second kappa shape index (κ2) is 7.91. The van der Waals surface area contributed by atoms with Crippen molar-refractivity contribution in [2.75, 3.05) is 6.61 Å². The lowest BCUT2D eigenvalue weighted by Gasteiger charge is -2.09. The first-order chi connectivity index (χ1) is 8.29. The van der Waals surface area contributed by atoms with Gasteiger partial charge in [-0.15, -0.1) is 6.58 Å². The molecule has 1 aromatic carbocycles. The van der Waals surface area contributed by atoms with Crippen molar-refractivity contribution in [3.63, 3.8) is 0 Å². The highest BCUT2D eigenvalue weighted by Crippen LogP contribution is 2.27. The average molecular weight is 253 g/mol. The number of halogens is 1. The topological polar surface area (TPSA) is 26.3 Å². The van der Waals surface area contributed by atoms with Gasteiger partial charge in [-0.2, -0.15) is 0 Å². The summed E-state index contributed by atoms with van der Waals surface area (Å²) in [5.74, 6) is 0.493. The minimum Gasteiger partial charge on any atom is -0.491 e. The molecule has 0 atom stereocenters. The van der Waals surface area contributed by atoms with E-state index in [-0.39, 0.29) is 0 Å². The predicted molar refractivity (Wildman–Crippen MR) is 71.0 cm³/mol. The van der Waals surface area contributed by atoms with Crippen molar-refractivity contribution in [1.82, 2.24) is 0 Å². The molecule has 92 valence electrons. The Hall–Kier alpha value is -1.28. The van der Waals surface area contributed by atoms with E-state index in [4.69, 9.17) is 16.3 Å². The highest BCUT2D eigenvalue weighted by molar-refractivity contribution is 6.32. The van der Waals surface area contributed by atoms with Crippen LogP contribution < -0.4 is 4.74 Å². The van der Waals surface area contributed by atoms with E-state index in [1.54, 1.807) is 18.2 Å². The first kappa shape index (κ1) is 13.8. The van der Waals surface area contributed by atoms with Crippen molar-refractivity contribution < 1.29 is 9.53 Å². The van der Waals surface area contributed by atoms with E-state index in [0.29, 0.717) is 22.9 Å². The van der Waals surface area contributed by atoms with Crippen LogP contribution in [0.1, 0.15) is 36.0 Å². The van der Waals surface area contributed by atoms with Crippen LogP contribution in [0.4, 0.5) is 0 Å². The second-order valence-corrected chi connectivity index (χ2v) is 4.17. The largest absolute Gasteiger partial charge is 0.491 e. The molecule has 0 aliphatic rings. The highest BCUT2D eigenvalue weighted by Gasteiger charge is 2.06. The van der Waals surface area contributed by atoms with E-state index in [0.717, 1.165) is 32.0 Å².